The van der Waals surface area contributed by atoms with Crippen LogP contribution in [0.3, 0.4) is 0 Å². The van der Waals surface area contributed by atoms with E-state index in [-0.39, 0.29) is 11.6 Å². The highest BCUT2D eigenvalue weighted by Crippen LogP contribution is 2.29. The molecule has 1 aliphatic rings. The van der Waals surface area contributed by atoms with Crippen molar-refractivity contribution in [1.29, 1.82) is 0 Å². The number of carbonyl (C=O) groups is 2. The first kappa shape index (κ1) is 18.2. The third-order valence-electron chi connectivity index (χ3n) is 4.16. The SMILES string of the molecule is [C-]#[N+]/C(C(=O)c1ccc(Cl)cc1)=C1\CCCN1C(=O)c1ccc(Cl)cc1. The third kappa shape index (κ3) is 3.65. The van der Waals surface area contributed by atoms with E-state index in [1.54, 1.807) is 48.5 Å². The molecule has 0 N–H and O–H groups in total. The summed E-state index contributed by atoms with van der Waals surface area (Å²) in [6, 6.07) is 12.9. The average Bonchev–Trinajstić information content (AvgIpc) is 3.12. The largest absolute Gasteiger partial charge is 0.322 e. The minimum Gasteiger partial charge on any atom is -0.322 e. The highest BCUT2D eigenvalue weighted by Gasteiger charge is 2.30. The highest BCUT2D eigenvalue weighted by atomic mass is 35.5. The Balaban J connectivity index is 1.96. The van der Waals surface area contributed by atoms with Crippen molar-refractivity contribution in [1.82, 2.24) is 4.90 Å². The van der Waals surface area contributed by atoms with Gasteiger partial charge in [0.1, 0.15) is 0 Å². The number of Topliss-reactive ketones (excluding diaryl/α,β-unsaturated/α-hetero) is 1. The van der Waals surface area contributed by atoms with Gasteiger partial charge in [-0.3, -0.25) is 4.79 Å². The van der Waals surface area contributed by atoms with E-state index in [9.17, 15) is 9.59 Å². The Morgan fingerprint density at radius 3 is 2.00 bits per heavy atom. The molecule has 6 heteroatoms. The predicted molar refractivity (Wildman–Crippen MR) is 101 cm³/mol. The van der Waals surface area contributed by atoms with Crippen molar-refractivity contribution in [2.75, 3.05) is 6.54 Å². The number of nitrogens with zero attached hydrogens (tertiary/aromatic N) is 2. The molecule has 0 aromatic heterocycles. The maximum atomic E-state index is 12.8. The maximum absolute atomic E-state index is 12.8. The van der Waals surface area contributed by atoms with E-state index in [1.165, 1.54) is 4.90 Å². The monoisotopic (exact) mass is 384 g/mol. The number of allylic oxidation sites excluding steroid dienone is 2. The topological polar surface area (TPSA) is 41.7 Å². The molecule has 0 spiro atoms. The van der Waals surface area contributed by atoms with Crippen LogP contribution in [0.4, 0.5) is 0 Å². The van der Waals surface area contributed by atoms with Gasteiger partial charge >= 0.3 is 0 Å². The van der Waals surface area contributed by atoms with Gasteiger partial charge in [0.25, 0.3) is 11.6 Å². The molecule has 0 saturated carbocycles. The van der Waals surface area contributed by atoms with E-state index in [4.69, 9.17) is 29.8 Å². The number of hydrogen-bond donors (Lipinski definition) is 0. The minimum absolute atomic E-state index is 0.0212. The number of likely N-dealkylation sites (tertiary alicyclic amines) is 1. The Kier molecular flexibility index (Phi) is 5.41. The van der Waals surface area contributed by atoms with Crippen molar-refractivity contribution >= 4 is 34.9 Å². The maximum Gasteiger partial charge on any atom is 0.256 e. The van der Waals surface area contributed by atoms with Gasteiger partial charge in [0.05, 0.1) is 6.57 Å². The standard InChI is InChI=1S/C20H14Cl2N2O2/c1-23-18(19(25)13-4-8-15(21)9-5-13)17-3-2-12-24(17)20(26)14-6-10-16(22)11-7-14/h4-11H,2-3,12H2/b18-17+. The summed E-state index contributed by atoms with van der Waals surface area (Å²) in [5, 5.41) is 1.05. The van der Waals surface area contributed by atoms with Gasteiger partial charge in [0.2, 0.25) is 0 Å². The zero-order chi connectivity index (χ0) is 18.7. The first-order valence-corrected chi connectivity index (χ1v) is 8.75. The quantitative estimate of drug-likeness (QED) is 0.412. The van der Waals surface area contributed by atoms with Crippen LogP contribution in [0.2, 0.25) is 10.0 Å². The van der Waals surface area contributed by atoms with Crippen molar-refractivity contribution in [3.8, 4) is 0 Å². The molecule has 0 atom stereocenters. The number of carbonyl (C=O) groups excluding carboxylic acids is 2. The van der Waals surface area contributed by atoms with Crippen LogP contribution in [-0.2, 0) is 0 Å². The molecule has 0 radical (unpaired) electrons. The zero-order valence-electron chi connectivity index (χ0n) is 13.7. The lowest BCUT2D eigenvalue weighted by molar-refractivity contribution is 0.0824. The number of ketones is 1. The fourth-order valence-electron chi connectivity index (χ4n) is 2.88. The molecule has 130 valence electrons. The summed E-state index contributed by atoms with van der Waals surface area (Å²) >= 11 is 11.7. The molecule has 0 unspecified atom stereocenters. The van der Waals surface area contributed by atoms with E-state index in [1.807, 2.05) is 0 Å². The van der Waals surface area contributed by atoms with Crippen LogP contribution in [-0.4, -0.2) is 23.1 Å². The smallest absolute Gasteiger partial charge is 0.256 e. The molecule has 1 saturated heterocycles. The molecule has 0 aliphatic carbocycles. The first-order chi connectivity index (χ1) is 12.5. The molecule has 4 nitrogen and oxygen atoms in total. The molecular formula is C20H14Cl2N2O2. The molecule has 1 heterocycles. The van der Waals surface area contributed by atoms with Crippen LogP contribution in [0.1, 0.15) is 33.6 Å². The summed E-state index contributed by atoms with van der Waals surface area (Å²) in [6.45, 7) is 7.95. The molecule has 1 fully saturated rings. The molecule has 3 rings (SSSR count). The Labute approximate surface area is 161 Å². The second-order valence-corrected chi connectivity index (χ2v) is 6.68. The van der Waals surface area contributed by atoms with Crippen LogP contribution < -0.4 is 0 Å². The van der Waals surface area contributed by atoms with Crippen molar-refractivity contribution in [2.45, 2.75) is 12.8 Å². The van der Waals surface area contributed by atoms with Crippen molar-refractivity contribution in [3.05, 3.63) is 92.5 Å². The van der Waals surface area contributed by atoms with E-state index in [0.29, 0.717) is 46.3 Å². The van der Waals surface area contributed by atoms with Gasteiger partial charge in [-0.1, -0.05) is 35.3 Å². The molecule has 1 amide bonds. The van der Waals surface area contributed by atoms with E-state index in [2.05, 4.69) is 4.85 Å². The summed E-state index contributed by atoms with van der Waals surface area (Å²) in [6.07, 6.45) is 1.22. The van der Waals surface area contributed by atoms with Gasteiger partial charge in [0, 0.05) is 33.4 Å². The number of amides is 1. The molecular weight excluding hydrogens is 371 g/mol. The van der Waals surface area contributed by atoms with Gasteiger partial charge < -0.3 is 9.69 Å². The molecule has 0 bridgehead atoms. The number of benzene rings is 2. The van der Waals surface area contributed by atoms with Gasteiger partial charge in [-0.2, -0.15) is 0 Å². The first-order valence-electron chi connectivity index (χ1n) is 7.99. The van der Waals surface area contributed by atoms with Crippen LogP contribution in [0.5, 0.6) is 0 Å². The van der Waals surface area contributed by atoms with E-state index < -0.39 is 5.78 Å². The third-order valence-corrected chi connectivity index (χ3v) is 4.67. The van der Waals surface area contributed by atoms with Crippen LogP contribution in [0.25, 0.3) is 4.85 Å². The molecule has 1 aliphatic heterocycles. The molecule has 2 aromatic carbocycles. The van der Waals surface area contributed by atoms with Crippen molar-refractivity contribution in [2.24, 2.45) is 0 Å². The molecule has 2 aromatic rings. The fraction of sp³-hybridized carbons (Fsp3) is 0.150. The normalized spacial score (nSPS) is 15.5. The highest BCUT2D eigenvalue weighted by molar-refractivity contribution is 6.31. The lowest BCUT2D eigenvalue weighted by atomic mass is 10.1. The van der Waals surface area contributed by atoms with Gasteiger partial charge in [-0.25, -0.2) is 4.85 Å². The summed E-state index contributed by atoms with van der Waals surface area (Å²) in [4.78, 5) is 30.5. The van der Waals surface area contributed by atoms with Gasteiger partial charge in [-0.15, -0.1) is 0 Å². The lowest BCUT2D eigenvalue weighted by Gasteiger charge is -2.19. The number of hydrogen-bond acceptors (Lipinski definition) is 2. The summed E-state index contributed by atoms with van der Waals surface area (Å²) < 4.78 is 0. The Morgan fingerprint density at radius 1 is 0.923 bits per heavy atom. The molecule has 26 heavy (non-hydrogen) atoms. The van der Waals surface area contributed by atoms with E-state index in [0.717, 1.165) is 0 Å². The van der Waals surface area contributed by atoms with Crippen LogP contribution >= 0.6 is 23.2 Å². The average molecular weight is 385 g/mol. The van der Waals surface area contributed by atoms with Crippen LogP contribution in [0, 0.1) is 6.57 Å². The summed E-state index contributed by atoms with van der Waals surface area (Å²) in [5.74, 6) is -0.637. The van der Waals surface area contributed by atoms with E-state index >= 15 is 0 Å². The van der Waals surface area contributed by atoms with Gasteiger partial charge in [0.15, 0.2) is 5.78 Å². The Hall–Kier alpha value is -2.61. The summed E-state index contributed by atoms with van der Waals surface area (Å²) in [5.41, 5.74) is 1.29. The van der Waals surface area contributed by atoms with Crippen molar-refractivity contribution in [3.63, 3.8) is 0 Å². The Morgan fingerprint density at radius 2 is 1.46 bits per heavy atom. The predicted octanol–water partition coefficient (Wildman–Crippen LogP) is 5.24. The number of halogens is 2. The fourth-order valence-corrected chi connectivity index (χ4v) is 3.13. The summed E-state index contributed by atoms with van der Waals surface area (Å²) in [7, 11) is 0. The number of rotatable bonds is 3. The second kappa shape index (κ2) is 7.74. The lowest BCUT2D eigenvalue weighted by Crippen LogP contribution is -2.28. The van der Waals surface area contributed by atoms with Crippen molar-refractivity contribution < 1.29 is 9.59 Å². The minimum atomic E-state index is -0.400. The Bertz CT molecular complexity index is 926. The van der Waals surface area contributed by atoms with Gasteiger partial charge in [-0.05, 0) is 49.2 Å². The van der Waals surface area contributed by atoms with Crippen LogP contribution in [0.15, 0.2) is 59.9 Å². The second-order valence-electron chi connectivity index (χ2n) is 5.81. The zero-order valence-corrected chi connectivity index (χ0v) is 15.2.